The Bertz CT molecular complexity index is 1290. The average molecular weight is 487 g/mol. The van der Waals surface area contributed by atoms with Gasteiger partial charge in [0.1, 0.15) is 11.5 Å². The molecule has 0 unspecified atom stereocenters. The highest BCUT2D eigenvalue weighted by molar-refractivity contribution is 7.89. The van der Waals surface area contributed by atoms with E-state index >= 15 is 0 Å². The van der Waals surface area contributed by atoms with Crippen molar-refractivity contribution < 1.29 is 22.7 Å². The Morgan fingerprint density at radius 1 is 1.03 bits per heavy atom. The standard InChI is InChI=1S/C24H23ClN2O5S/c1-31-19-7-5-18(6-8-19)24(28)27-12-11-17-4-3-16(13-22(17)27)15-26-33(29,30)20-9-10-23(32-2)21(25)14-20/h3-10,13-14,26H,11-12,15H2,1-2H3. The van der Waals surface area contributed by atoms with E-state index in [2.05, 4.69) is 4.72 Å². The molecular weight excluding hydrogens is 464 g/mol. The maximum atomic E-state index is 13.1. The van der Waals surface area contributed by atoms with Gasteiger partial charge in [-0.15, -0.1) is 0 Å². The van der Waals surface area contributed by atoms with Crippen LogP contribution >= 0.6 is 11.6 Å². The van der Waals surface area contributed by atoms with Crippen molar-refractivity contribution in [2.75, 3.05) is 25.7 Å². The molecule has 3 aromatic rings. The van der Waals surface area contributed by atoms with Gasteiger partial charge in [0, 0.05) is 24.3 Å². The minimum Gasteiger partial charge on any atom is -0.497 e. The number of sulfonamides is 1. The number of anilines is 1. The first-order valence-electron chi connectivity index (χ1n) is 10.2. The van der Waals surface area contributed by atoms with Crippen molar-refractivity contribution in [1.29, 1.82) is 0 Å². The molecule has 1 N–H and O–H groups in total. The van der Waals surface area contributed by atoms with Gasteiger partial charge in [-0.1, -0.05) is 23.7 Å². The number of methoxy groups -OCH3 is 2. The summed E-state index contributed by atoms with van der Waals surface area (Å²) in [5.74, 6) is 0.971. The van der Waals surface area contributed by atoms with Crippen molar-refractivity contribution in [3.05, 3.63) is 82.4 Å². The van der Waals surface area contributed by atoms with E-state index in [9.17, 15) is 13.2 Å². The minimum atomic E-state index is -3.78. The summed E-state index contributed by atoms with van der Waals surface area (Å²) >= 11 is 6.07. The van der Waals surface area contributed by atoms with Crippen LogP contribution in [0.5, 0.6) is 11.5 Å². The minimum absolute atomic E-state index is 0.0470. The largest absolute Gasteiger partial charge is 0.497 e. The summed E-state index contributed by atoms with van der Waals surface area (Å²) in [5.41, 5.74) is 3.14. The van der Waals surface area contributed by atoms with Gasteiger partial charge in [0.15, 0.2) is 0 Å². The van der Waals surface area contributed by atoms with Crippen LogP contribution in [0.25, 0.3) is 0 Å². The van der Waals surface area contributed by atoms with Gasteiger partial charge in [-0.05, 0) is 66.1 Å². The summed E-state index contributed by atoms with van der Waals surface area (Å²) < 4.78 is 38.3. The van der Waals surface area contributed by atoms with Crippen molar-refractivity contribution in [2.45, 2.75) is 17.9 Å². The summed E-state index contributed by atoms with van der Waals surface area (Å²) in [6.07, 6.45) is 0.744. The van der Waals surface area contributed by atoms with E-state index in [1.165, 1.54) is 25.3 Å². The molecule has 0 spiro atoms. The molecule has 0 aromatic heterocycles. The van der Waals surface area contributed by atoms with Gasteiger partial charge in [-0.25, -0.2) is 13.1 Å². The van der Waals surface area contributed by atoms with Gasteiger partial charge >= 0.3 is 0 Å². The number of hydrogen-bond donors (Lipinski definition) is 1. The molecule has 1 amide bonds. The Balaban J connectivity index is 1.51. The topological polar surface area (TPSA) is 84.9 Å². The third-order valence-electron chi connectivity index (χ3n) is 5.53. The maximum absolute atomic E-state index is 13.1. The Morgan fingerprint density at radius 2 is 1.79 bits per heavy atom. The van der Waals surface area contributed by atoms with Gasteiger partial charge < -0.3 is 14.4 Å². The fraction of sp³-hybridized carbons (Fsp3) is 0.208. The third-order valence-corrected chi connectivity index (χ3v) is 7.22. The van der Waals surface area contributed by atoms with Crippen molar-refractivity contribution in [2.24, 2.45) is 0 Å². The highest BCUT2D eigenvalue weighted by atomic mass is 35.5. The zero-order chi connectivity index (χ0) is 23.6. The Labute approximate surface area is 197 Å². The molecule has 0 saturated carbocycles. The first-order valence-corrected chi connectivity index (χ1v) is 12.1. The molecule has 0 bridgehead atoms. The van der Waals surface area contributed by atoms with Crippen LogP contribution in [0, 0.1) is 0 Å². The number of fused-ring (bicyclic) bond motifs is 1. The van der Waals surface area contributed by atoms with Crippen LogP contribution in [0.4, 0.5) is 5.69 Å². The Hall–Kier alpha value is -3.07. The van der Waals surface area contributed by atoms with Crippen LogP contribution in [0.2, 0.25) is 5.02 Å². The van der Waals surface area contributed by atoms with E-state index in [1.807, 2.05) is 18.2 Å². The van der Waals surface area contributed by atoms with Gasteiger partial charge in [-0.2, -0.15) is 0 Å². The van der Waals surface area contributed by atoms with Gasteiger partial charge in [0.25, 0.3) is 5.91 Å². The number of carbonyl (C=O) groups excluding carboxylic acids is 1. The molecule has 0 saturated heterocycles. The molecule has 1 heterocycles. The predicted molar refractivity (Wildman–Crippen MR) is 127 cm³/mol. The van der Waals surface area contributed by atoms with E-state index in [-0.39, 0.29) is 22.4 Å². The molecule has 0 aliphatic carbocycles. The number of nitrogens with zero attached hydrogens (tertiary/aromatic N) is 1. The SMILES string of the molecule is COc1ccc(C(=O)N2CCc3ccc(CNS(=O)(=O)c4ccc(OC)c(Cl)c4)cc32)cc1. The normalized spacial score (nSPS) is 13.0. The van der Waals surface area contributed by atoms with E-state index in [4.69, 9.17) is 21.1 Å². The summed E-state index contributed by atoms with van der Waals surface area (Å²) in [6, 6.07) is 16.9. The first kappa shape index (κ1) is 23.1. The molecule has 33 heavy (non-hydrogen) atoms. The lowest BCUT2D eigenvalue weighted by molar-refractivity contribution is 0.0989. The summed E-state index contributed by atoms with van der Waals surface area (Å²) in [7, 11) is -0.744. The number of rotatable bonds is 7. The highest BCUT2D eigenvalue weighted by Crippen LogP contribution is 2.31. The molecule has 0 fully saturated rings. The van der Waals surface area contributed by atoms with Gasteiger partial charge in [0.2, 0.25) is 10.0 Å². The maximum Gasteiger partial charge on any atom is 0.258 e. The van der Waals surface area contributed by atoms with Crippen LogP contribution < -0.4 is 19.1 Å². The lowest BCUT2D eigenvalue weighted by atomic mass is 10.1. The second-order valence-corrected chi connectivity index (χ2v) is 9.69. The molecular formula is C24H23ClN2O5S. The average Bonchev–Trinajstić information content (AvgIpc) is 3.25. The van der Waals surface area contributed by atoms with Crippen molar-refractivity contribution in [3.63, 3.8) is 0 Å². The highest BCUT2D eigenvalue weighted by Gasteiger charge is 2.26. The van der Waals surface area contributed by atoms with E-state index in [1.54, 1.807) is 36.3 Å². The smallest absolute Gasteiger partial charge is 0.258 e. The molecule has 4 rings (SSSR count). The van der Waals surface area contributed by atoms with Crippen LogP contribution in [-0.4, -0.2) is 35.1 Å². The lowest BCUT2D eigenvalue weighted by Crippen LogP contribution is -2.29. The molecule has 0 radical (unpaired) electrons. The molecule has 7 nitrogen and oxygen atoms in total. The number of halogens is 1. The Morgan fingerprint density at radius 3 is 2.45 bits per heavy atom. The van der Waals surface area contributed by atoms with Gasteiger partial charge in [-0.3, -0.25) is 4.79 Å². The fourth-order valence-corrected chi connectivity index (χ4v) is 5.08. The monoisotopic (exact) mass is 486 g/mol. The number of ether oxygens (including phenoxy) is 2. The molecule has 9 heteroatoms. The summed E-state index contributed by atoms with van der Waals surface area (Å²) in [6.45, 7) is 0.642. The zero-order valence-corrected chi connectivity index (χ0v) is 19.7. The van der Waals surface area contributed by atoms with Crippen molar-refractivity contribution in [1.82, 2.24) is 4.72 Å². The van der Waals surface area contributed by atoms with Crippen LogP contribution in [0.15, 0.2) is 65.6 Å². The van der Waals surface area contributed by atoms with E-state index in [0.29, 0.717) is 23.6 Å². The van der Waals surface area contributed by atoms with Crippen LogP contribution in [0.3, 0.4) is 0 Å². The lowest BCUT2D eigenvalue weighted by Gasteiger charge is -2.18. The van der Waals surface area contributed by atoms with Crippen molar-refractivity contribution >= 4 is 33.2 Å². The number of carbonyl (C=O) groups is 1. The Kier molecular flexibility index (Phi) is 6.60. The first-order chi connectivity index (χ1) is 15.8. The number of amides is 1. The summed E-state index contributed by atoms with van der Waals surface area (Å²) in [4.78, 5) is 14.8. The quantitative estimate of drug-likeness (QED) is 0.545. The van der Waals surface area contributed by atoms with Gasteiger partial charge in [0.05, 0.1) is 24.1 Å². The number of benzene rings is 3. The number of hydrogen-bond acceptors (Lipinski definition) is 5. The van der Waals surface area contributed by atoms with E-state index < -0.39 is 10.0 Å². The second-order valence-electron chi connectivity index (χ2n) is 7.52. The molecule has 1 aliphatic rings. The predicted octanol–water partition coefficient (Wildman–Crippen LogP) is 4.04. The zero-order valence-electron chi connectivity index (χ0n) is 18.2. The van der Waals surface area contributed by atoms with Crippen LogP contribution in [0.1, 0.15) is 21.5 Å². The van der Waals surface area contributed by atoms with Crippen LogP contribution in [-0.2, 0) is 23.0 Å². The molecule has 3 aromatic carbocycles. The number of nitrogens with one attached hydrogen (secondary N) is 1. The molecule has 1 aliphatic heterocycles. The summed E-state index contributed by atoms with van der Waals surface area (Å²) in [5, 5.41) is 0.214. The van der Waals surface area contributed by atoms with Crippen molar-refractivity contribution in [3.8, 4) is 11.5 Å². The molecule has 172 valence electrons. The fourth-order valence-electron chi connectivity index (χ4n) is 3.71. The second kappa shape index (κ2) is 9.43. The third kappa shape index (κ3) is 4.83. The van der Waals surface area contributed by atoms with E-state index in [0.717, 1.165) is 23.2 Å². The molecule has 0 atom stereocenters.